The molecule has 1 heterocycles. The standard InChI is InChI=1S/C13H18Cl2N2O2S2/c14-11-6-12(15)13(5-10(11)7-16)21(18,19)17-8-9-1-3-20-4-2-9/h5-6,9,17H,1-4,7-8,16H2. The highest BCUT2D eigenvalue weighted by atomic mass is 35.5. The average molecular weight is 369 g/mol. The van der Waals surface area contributed by atoms with Gasteiger partial charge >= 0.3 is 0 Å². The minimum absolute atomic E-state index is 0.0409. The maximum absolute atomic E-state index is 12.4. The molecule has 0 radical (unpaired) electrons. The largest absolute Gasteiger partial charge is 0.326 e. The lowest BCUT2D eigenvalue weighted by atomic mass is 10.0. The second kappa shape index (κ2) is 7.53. The molecule has 0 saturated carbocycles. The molecule has 0 unspecified atom stereocenters. The number of nitrogens with one attached hydrogen (secondary N) is 1. The molecule has 0 amide bonds. The monoisotopic (exact) mass is 368 g/mol. The third-order valence-corrected chi connectivity index (χ3v) is 6.80. The molecule has 1 saturated heterocycles. The summed E-state index contributed by atoms with van der Waals surface area (Å²) in [4.78, 5) is 0.0409. The van der Waals surface area contributed by atoms with E-state index < -0.39 is 10.0 Å². The molecule has 1 aromatic rings. The van der Waals surface area contributed by atoms with Crippen LogP contribution in [-0.4, -0.2) is 26.5 Å². The molecule has 0 atom stereocenters. The molecular weight excluding hydrogens is 351 g/mol. The Labute approximate surface area is 139 Å². The molecule has 1 aromatic carbocycles. The molecule has 3 N–H and O–H groups in total. The van der Waals surface area contributed by atoms with Crippen molar-refractivity contribution in [3.63, 3.8) is 0 Å². The summed E-state index contributed by atoms with van der Waals surface area (Å²) in [5, 5.41) is 0.495. The Hall–Kier alpha value is 0.0200. The molecule has 0 aromatic heterocycles. The maximum atomic E-state index is 12.4. The summed E-state index contributed by atoms with van der Waals surface area (Å²) < 4.78 is 27.4. The lowest BCUT2D eigenvalue weighted by Crippen LogP contribution is -2.31. The number of halogens is 2. The number of nitrogens with two attached hydrogens (primary N) is 1. The van der Waals surface area contributed by atoms with Gasteiger partial charge in [-0.1, -0.05) is 23.2 Å². The molecule has 4 nitrogen and oxygen atoms in total. The molecule has 8 heteroatoms. The van der Waals surface area contributed by atoms with Crippen LogP contribution in [-0.2, 0) is 16.6 Å². The van der Waals surface area contributed by atoms with Crippen molar-refractivity contribution >= 4 is 45.0 Å². The predicted octanol–water partition coefficient (Wildman–Crippen LogP) is 2.87. The second-order valence-corrected chi connectivity index (χ2v) is 8.76. The lowest BCUT2D eigenvalue weighted by Gasteiger charge is -2.21. The molecule has 21 heavy (non-hydrogen) atoms. The smallest absolute Gasteiger partial charge is 0.242 e. The van der Waals surface area contributed by atoms with E-state index in [0.29, 0.717) is 23.0 Å². The summed E-state index contributed by atoms with van der Waals surface area (Å²) in [6.45, 7) is 0.609. The fraction of sp³-hybridized carbons (Fsp3) is 0.538. The van der Waals surface area contributed by atoms with Gasteiger partial charge in [0.25, 0.3) is 0 Å². The van der Waals surface area contributed by atoms with Gasteiger partial charge in [0.2, 0.25) is 10.0 Å². The Kier molecular flexibility index (Phi) is 6.23. The highest BCUT2D eigenvalue weighted by molar-refractivity contribution is 7.99. The number of hydrogen-bond donors (Lipinski definition) is 2. The van der Waals surface area contributed by atoms with Crippen LogP contribution in [0.25, 0.3) is 0 Å². The van der Waals surface area contributed by atoms with E-state index in [2.05, 4.69) is 4.72 Å². The van der Waals surface area contributed by atoms with Crippen LogP contribution in [0, 0.1) is 5.92 Å². The van der Waals surface area contributed by atoms with Crippen LogP contribution >= 0.6 is 35.0 Å². The molecule has 1 aliphatic heterocycles. The fourth-order valence-electron chi connectivity index (χ4n) is 2.19. The van der Waals surface area contributed by atoms with E-state index in [0.717, 1.165) is 24.3 Å². The van der Waals surface area contributed by atoms with Gasteiger partial charge in [0, 0.05) is 18.1 Å². The maximum Gasteiger partial charge on any atom is 0.242 e. The van der Waals surface area contributed by atoms with E-state index in [1.54, 1.807) is 0 Å². The van der Waals surface area contributed by atoms with E-state index in [1.807, 2.05) is 11.8 Å². The van der Waals surface area contributed by atoms with Crippen LogP contribution in [0.5, 0.6) is 0 Å². The van der Waals surface area contributed by atoms with Crippen molar-refractivity contribution in [2.24, 2.45) is 11.7 Å². The van der Waals surface area contributed by atoms with Crippen LogP contribution in [0.4, 0.5) is 0 Å². The lowest BCUT2D eigenvalue weighted by molar-refractivity contribution is 0.476. The Morgan fingerprint density at radius 2 is 1.90 bits per heavy atom. The zero-order chi connectivity index (χ0) is 15.5. The summed E-state index contributed by atoms with van der Waals surface area (Å²) in [7, 11) is -3.64. The van der Waals surface area contributed by atoms with Crippen LogP contribution in [0.15, 0.2) is 17.0 Å². The second-order valence-electron chi connectivity index (χ2n) is 4.99. The first kappa shape index (κ1) is 17.4. The Morgan fingerprint density at radius 3 is 2.52 bits per heavy atom. The molecule has 1 aliphatic rings. The van der Waals surface area contributed by atoms with Crippen molar-refractivity contribution in [2.75, 3.05) is 18.1 Å². The summed E-state index contributed by atoms with van der Waals surface area (Å²) in [5.74, 6) is 2.57. The molecule has 0 bridgehead atoms. The number of benzene rings is 1. The summed E-state index contributed by atoms with van der Waals surface area (Å²) in [6.07, 6.45) is 2.07. The number of hydrogen-bond acceptors (Lipinski definition) is 4. The Balaban J connectivity index is 2.15. The van der Waals surface area contributed by atoms with Gasteiger partial charge in [-0.15, -0.1) is 0 Å². The van der Waals surface area contributed by atoms with Crippen molar-refractivity contribution in [2.45, 2.75) is 24.3 Å². The van der Waals surface area contributed by atoms with Crippen molar-refractivity contribution in [3.05, 3.63) is 27.7 Å². The molecule has 0 aliphatic carbocycles. The first-order valence-electron chi connectivity index (χ1n) is 6.69. The predicted molar refractivity (Wildman–Crippen MR) is 89.6 cm³/mol. The van der Waals surface area contributed by atoms with Gasteiger partial charge in [0.1, 0.15) is 4.90 Å². The third-order valence-electron chi connectivity index (χ3n) is 3.51. The molecule has 2 rings (SSSR count). The molecule has 118 valence electrons. The minimum Gasteiger partial charge on any atom is -0.326 e. The van der Waals surface area contributed by atoms with E-state index in [-0.39, 0.29) is 16.5 Å². The first-order chi connectivity index (χ1) is 9.94. The van der Waals surface area contributed by atoms with E-state index in [1.165, 1.54) is 12.1 Å². The zero-order valence-corrected chi connectivity index (χ0v) is 14.6. The van der Waals surface area contributed by atoms with Gasteiger partial charge in [-0.2, -0.15) is 11.8 Å². The van der Waals surface area contributed by atoms with Crippen LogP contribution in [0.1, 0.15) is 18.4 Å². The third kappa shape index (κ3) is 4.50. The highest BCUT2D eigenvalue weighted by Crippen LogP contribution is 2.29. The van der Waals surface area contributed by atoms with Crippen LogP contribution in [0.3, 0.4) is 0 Å². The molecule has 0 spiro atoms. The van der Waals surface area contributed by atoms with Crippen LogP contribution < -0.4 is 10.5 Å². The van der Waals surface area contributed by atoms with Gasteiger partial charge in [-0.3, -0.25) is 0 Å². The highest BCUT2D eigenvalue weighted by Gasteiger charge is 2.22. The van der Waals surface area contributed by atoms with Gasteiger partial charge in [-0.25, -0.2) is 13.1 Å². The quantitative estimate of drug-likeness (QED) is 0.837. The van der Waals surface area contributed by atoms with Gasteiger partial charge in [0.05, 0.1) is 5.02 Å². The molecule has 1 fully saturated rings. The van der Waals surface area contributed by atoms with Crippen molar-refractivity contribution in [1.82, 2.24) is 4.72 Å². The fourth-order valence-corrected chi connectivity index (χ4v) is 5.38. The summed E-state index contributed by atoms with van der Waals surface area (Å²) in [6, 6.07) is 2.88. The van der Waals surface area contributed by atoms with Gasteiger partial charge in [-0.05, 0) is 48.0 Å². The van der Waals surface area contributed by atoms with Crippen molar-refractivity contribution in [1.29, 1.82) is 0 Å². The number of thioether (sulfide) groups is 1. The number of rotatable bonds is 5. The minimum atomic E-state index is -3.64. The first-order valence-corrected chi connectivity index (χ1v) is 10.1. The van der Waals surface area contributed by atoms with Gasteiger partial charge in [0.15, 0.2) is 0 Å². The van der Waals surface area contributed by atoms with E-state index >= 15 is 0 Å². The summed E-state index contributed by atoms with van der Waals surface area (Å²) >= 11 is 13.9. The normalized spacial score (nSPS) is 17.1. The summed E-state index contributed by atoms with van der Waals surface area (Å²) in [5.41, 5.74) is 6.12. The van der Waals surface area contributed by atoms with E-state index in [4.69, 9.17) is 28.9 Å². The van der Waals surface area contributed by atoms with Crippen molar-refractivity contribution in [3.8, 4) is 0 Å². The van der Waals surface area contributed by atoms with Crippen molar-refractivity contribution < 1.29 is 8.42 Å². The Bertz CT molecular complexity index is 602. The average Bonchev–Trinajstić information content (AvgIpc) is 2.46. The molecular formula is C13H18Cl2N2O2S2. The Morgan fingerprint density at radius 1 is 1.24 bits per heavy atom. The SMILES string of the molecule is NCc1cc(S(=O)(=O)NCC2CCSCC2)c(Cl)cc1Cl. The van der Waals surface area contributed by atoms with Crippen LogP contribution in [0.2, 0.25) is 10.0 Å². The number of sulfonamides is 1. The topological polar surface area (TPSA) is 72.2 Å². The van der Waals surface area contributed by atoms with Gasteiger partial charge < -0.3 is 5.73 Å². The van der Waals surface area contributed by atoms with E-state index in [9.17, 15) is 8.42 Å². The zero-order valence-electron chi connectivity index (χ0n) is 11.4.